The molecule has 86 valence electrons. The Morgan fingerprint density at radius 1 is 1.44 bits per heavy atom. The third kappa shape index (κ3) is 3.34. The van der Waals surface area contributed by atoms with Crippen LogP contribution in [0, 0.1) is 0 Å². The molecule has 5 heteroatoms. The van der Waals surface area contributed by atoms with Gasteiger partial charge in [0.2, 0.25) is 0 Å². The Morgan fingerprint density at radius 2 is 2.19 bits per heavy atom. The summed E-state index contributed by atoms with van der Waals surface area (Å²) in [5, 5.41) is 2.31. The molecule has 0 heterocycles. The van der Waals surface area contributed by atoms with Crippen molar-refractivity contribution in [1.29, 1.82) is 0 Å². The number of benzene rings is 1. The van der Waals surface area contributed by atoms with E-state index in [1.165, 1.54) is 6.07 Å². The summed E-state index contributed by atoms with van der Waals surface area (Å²) in [6, 6.07) is 6.14. The first-order chi connectivity index (χ1) is 7.67. The Bertz CT molecular complexity index is 393. The molecule has 0 unspecified atom stereocenters. The molecule has 1 rings (SSSR count). The molecule has 0 aromatic heterocycles. The molecule has 0 fully saturated rings. The maximum Gasteiger partial charge on any atom is 0.338 e. The first-order valence-electron chi connectivity index (χ1n) is 4.80. The third-order valence-electron chi connectivity index (χ3n) is 1.78. The number of carbonyl (C=O) groups is 2. The first-order valence-corrected chi connectivity index (χ1v) is 4.80. The summed E-state index contributed by atoms with van der Waals surface area (Å²) in [5.74, 6) is -1.22. The van der Waals surface area contributed by atoms with Crippen molar-refractivity contribution in [3.05, 3.63) is 29.8 Å². The van der Waals surface area contributed by atoms with Crippen LogP contribution in [0.3, 0.4) is 0 Å². The number of carbonyl (C=O) groups excluding carboxylic acids is 2. The highest BCUT2D eigenvalue weighted by atomic mass is 19.1. The average molecular weight is 225 g/mol. The number of anilines is 1. The SMILES string of the molecule is CCOC(=O)c1cccc(NC(=O)CF)c1. The molecule has 16 heavy (non-hydrogen) atoms. The van der Waals surface area contributed by atoms with Gasteiger partial charge in [-0.25, -0.2) is 9.18 Å². The van der Waals surface area contributed by atoms with Crippen LogP contribution in [0.25, 0.3) is 0 Å². The lowest BCUT2D eigenvalue weighted by Crippen LogP contribution is -2.13. The Morgan fingerprint density at radius 3 is 2.81 bits per heavy atom. The standard InChI is InChI=1S/C11H12FNO3/c1-2-16-11(15)8-4-3-5-9(6-8)13-10(14)7-12/h3-6H,2,7H2,1H3,(H,13,14). The number of halogens is 1. The highest BCUT2D eigenvalue weighted by Gasteiger charge is 2.07. The van der Waals surface area contributed by atoms with Crippen LogP contribution in [0.4, 0.5) is 10.1 Å². The van der Waals surface area contributed by atoms with E-state index in [9.17, 15) is 14.0 Å². The fraction of sp³-hybridized carbons (Fsp3) is 0.273. The van der Waals surface area contributed by atoms with Crippen LogP contribution in [-0.4, -0.2) is 25.2 Å². The van der Waals surface area contributed by atoms with Gasteiger partial charge in [-0.1, -0.05) is 6.07 Å². The number of hydrogen-bond acceptors (Lipinski definition) is 3. The second kappa shape index (κ2) is 5.85. The number of esters is 1. The minimum absolute atomic E-state index is 0.278. The maximum absolute atomic E-state index is 11.9. The van der Waals surface area contributed by atoms with Gasteiger partial charge in [0.25, 0.3) is 5.91 Å². The number of hydrogen-bond donors (Lipinski definition) is 1. The van der Waals surface area contributed by atoms with Gasteiger partial charge in [0.15, 0.2) is 6.67 Å². The molecule has 0 radical (unpaired) electrons. The molecule has 1 N–H and O–H groups in total. The summed E-state index contributed by atoms with van der Waals surface area (Å²) in [4.78, 5) is 22.1. The second-order valence-electron chi connectivity index (χ2n) is 2.98. The van der Waals surface area contributed by atoms with Gasteiger partial charge in [-0.05, 0) is 25.1 Å². The summed E-state index contributed by atoms with van der Waals surface area (Å²) < 4.78 is 16.7. The predicted molar refractivity (Wildman–Crippen MR) is 57.0 cm³/mol. The molecule has 0 saturated carbocycles. The normalized spacial score (nSPS) is 9.62. The third-order valence-corrected chi connectivity index (χ3v) is 1.78. The molecule has 0 atom stereocenters. The Balaban J connectivity index is 2.78. The number of nitrogens with one attached hydrogen (secondary N) is 1. The first kappa shape index (κ1) is 12.2. The minimum Gasteiger partial charge on any atom is -0.462 e. The van der Waals surface area contributed by atoms with Gasteiger partial charge in [0, 0.05) is 5.69 Å². The number of alkyl halides is 1. The zero-order chi connectivity index (χ0) is 12.0. The monoisotopic (exact) mass is 225 g/mol. The van der Waals surface area contributed by atoms with E-state index < -0.39 is 18.6 Å². The number of ether oxygens (including phenoxy) is 1. The Kier molecular flexibility index (Phi) is 4.44. The van der Waals surface area contributed by atoms with Crippen LogP contribution in [0.5, 0.6) is 0 Å². The van der Waals surface area contributed by atoms with Crippen molar-refractivity contribution in [3.8, 4) is 0 Å². The molecule has 1 aromatic rings. The minimum atomic E-state index is -1.09. The van der Waals surface area contributed by atoms with Crippen molar-refractivity contribution >= 4 is 17.6 Å². The summed E-state index contributed by atoms with van der Waals surface area (Å²) in [7, 11) is 0. The second-order valence-corrected chi connectivity index (χ2v) is 2.98. The van der Waals surface area contributed by atoms with Gasteiger partial charge in [0.05, 0.1) is 12.2 Å². The molecule has 0 spiro atoms. The van der Waals surface area contributed by atoms with Gasteiger partial charge in [-0.15, -0.1) is 0 Å². The van der Waals surface area contributed by atoms with Crippen molar-refractivity contribution in [2.45, 2.75) is 6.92 Å². The van der Waals surface area contributed by atoms with E-state index in [4.69, 9.17) is 4.74 Å². The molecular weight excluding hydrogens is 213 g/mol. The molecule has 0 aliphatic carbocycles. The number of amides is 1. The van der Waals surface area contributed by atoms with Gasteiger partial charge < -0.3 is 10.1 Å². The summed E-state index contributed by atoms with van der Waals surface area (Å²) in [5.41, 5.74) is 0.687. The van der Waals surface area contributed by atoms with Crippen molar-refractivity contribution in [2.75, 3.05) is 18.6 Å². The topological polar surface area (TPSA) is 55.4 Å². The van der Waals surface area contributed by atoms with Crippen molar-refractivity contribution < 1.29 is 18.7 Å². The quantitative estimate of drug-likeness (QED) is 0.794. The van der Waals surface area contributed by atoms with Crippen molar-refractivity contribution in [3.63, 3.8) is 0 Å². The smallest absolute Gasteiger partial charge is 0.338 e. The van der Waals surface area contributed by atoms with E-state index in [2.05, 4.69) is 5.32 Å². The van der Waals surface area contributed by atoms with Gasteiger partial charge in [0.1, 0.15) is 0 Å². The molecule has 1 amide bonds. The van der Waals surface area contributed by atoms with Gasteiger partial charge in [-0.3, -0.25) is 4.79 Å². The molecule has 0 bridgehead atoms. The number of rotatable bonds is 4. The lowest BCUT2D eigenvalue weighted by Gasteiger charge is -2.05. The highest BCUT2D eigenvalue weighted by molar-refractivity contribution is 5.94. The van der Waals surface area contributed by atoms with Gasteiger partial charge >= 0.3 is 5.97 Å². The lowest BCUT2D eigenvalue weighted by molar-refractivity contribution is -0.117. The van der Waals surface area contributed by atoms with Crippen LogP contribution in [-0.2, 0) is 9.53 Å². The van der Waals surface area contributed by atoms with Crippen LogP contribution in [0.15, 0.2) is 24.3 Å². The fourth-order valence-corrected chi connectivity index (χ4v) is 1.13. The van der Waals surface area contributed by atoms with E-state index in [1.54, 1.807) is 25.1 Å². The Hall–Kier alpha value is -1.91. The summed E-state index contributed by atoms with van der Waals surface area (Å²) in [6.45, 7) is 0.885. The van der Waals surface area contributed by atoms with Crippen LogP contribution in [0.2, 0.25) is 0 Å². The van der Waals surface area contributed by atoms with Gasteiger partial charge in [-0.2, -0.15) is 0 Å². The molecule has 0 aliphatic rings. The summed E-state index contributed by atoms with van der Waals surface area (Å²) in [6.07, 6.45) is 0. The maximum atomic E-state index is 11.9. The summed E-state index contributed by atoms with van der Waals surface area (Å²) >= 11 is 0. The zero-order valence-electron chi connectivity index (χ0n) is 8.83. The molecule has 1 aromatic carbocycles. The lowest BCUT2D eigenvalue weighted by atomic mass is 10.2. The fourth-order valence-electron chi connectivity index (χ4n) is 1.13. The Labute approximate surface area is 92.4 Å². The van der Waals surface area contributed by atoms with E-state index in [0.29, 0.717) is 11.3 Å². The average Bonchev–Trinajstić information content (AvgIpc) is 2.29. The van der Waals surface area contributed by atoms with Crippen molar-refractivity contribution in [1.82, 2.24) is 0 Å². The largest absolute Gasteiger partial charge is 0.462 e. The molecular formula is C11H12FNO3. The van der Waals surface area contributed by atoms with E-state index >= 15 is 0 Å². The molecule has 0 aliphatic heterocycles. The predicted octanol–water partition coefficient (Wildman–Crippen LogP) is 1.77. The zero-order valence-corrected chi connectivity index (χ0v) is 8.83. The van der Waals surface area contributed by atoms with Crippen LogP contribution < -0.4 is 5.32 Å². The van der Waals surface area contributed by atoms with E-state index in [-0.39, 0.29) is 6.61 Å². The van der Waals surface area contributed by atoms with Crippen LogP contribution in [0.1, 0.15) is 17.3 Å². The highest BCUT2D eigenvalue weighted by Crippen LogP contribution is 2.11. The van der Waals surface area contributed by atoms with E-state index in [1.807, 2.05) is 0 Å². The van der Waals surface area contributed by atoms with Crippen molar-refractivity contribution in [2.24, 2.45) is 0 Å². The molecule has 4 nitrogen and oxygen atoms in total. The van der Waals surface area contributed by atoms with Crippen LogP contribution >= 0.6 is 0 Å². The van der Waals surface area contributed by atoms with E-state index in [0.717, 1.165) is 0 Å². The molecule has 0 saturated heterocycles.